The third-order valence-corrected chi connectivity index (χ3v) is 4.29. The van der Waals surface area contributed by atoms with Crippen molar-refractivity contribution in [1.82, 2.24) is 16.0 Å². The molecule has 3 amide bonds. The summed E-state index contributed by atoms with van der Waals surface area (Å²) in [5, 5.41) is 16.3. The molecule has 6 N–H and O–H groups in total. The lowest BCUT2D eigenvalue weighted by Crippen LogP contribution is -2.57. The fourth-order valence-corrected chi connectivity index (χ4v) is 2.07. The Labute approximate surface area is 154 Å². The SMILES string of the molecule is CCC(C)C(N)C(=O)NC(C)C(=O)NC(C(=O)NC(C)C(=O)O)C(C)C. The second-order valence-corrected chi connectivity index (χ2v) is 6.94. The van der Waals surface area contributed by atoms with Crippen LogP contribution < -0.4 is 21.7 Å². The average Bonchev–Trinajstić information content (AvgIpc) is 2.56. The molecule has 0 aliphatic carbocycles. The number of rotatable bonds is 10. The van der Waals surface area contributed by atoms with Crippen LogP contribution in [-0.4, -0.2) is 53.0 Å². The molecule has 0 radical (unpaired) electrons. The standard InChI is InChI=1S/C17H32N4O5/c1-7-9(4)12(18)15(23)19-10(5)14(22)21-13(8(2)3)16(24)20-11(6)17(25)26/h8-13H,7,18H2,1-6H3,(H,19,23)(H,20,24)(H,21,22)(H,25,26). The molecule has 26 heavy (non-hydrogen) atoms. The first-order chi connectivity index (χ1) is 11.9. The minimum absolute atomic E-state index is 0.0306. The second kappa shape index (κ2) is 10.7. The van der Waals surface area contributed by atoms with Gasteiger partial charge in [0.15, 0.2) is 0 Å². The van der Waals surface area contributed by atoms with E-state index in [2.05, 4.69) is 16.0 Å². The van der Waals surface area contributed by atoms with Crippen LogP contribution in [0.5, 0.6) is 0 Å². The van der Waals surface area contributed by atoms with Crippen molar-refractivity contribution in [3.8, 4) is 0 Å². The van der Waals surface area contributed by atoms with E-state index in [4.69, 9.17) is 10.8 Å². The number of nitrogens with one attached hydrogen (secondary N) is 3. The van der Waals surface area contributed by atoms with Crippen LogP contribution >= 0.6 is 0 Å². The van der Waals surface area contributed by atoms with Crippen molar-refractivity contribution in [2.24, 2.45) is 17.6 Å². The van der Waals surface area contributed by atoms with Crippen LogP contribution in [-0.2, 0) is 19.2 Å². The number of hydrogen-bond acceptors (Lipinski definition) is 5. The van der Waals surface area contributed by atoms with Crippen molar-refractivity contribution < 1.29 is 24.3 Å². The smallest absolute Gasteiger partial charge is 0.325 e. The lowest BCUT2D eigenvalue weighted by atomic mass is 9.99. The summed E-state index contributed by atoms with van der Waals surface area (Å²) in [6, 6.07) is -3.61. The summed E-state index contributed by atoms with van der Waals surface area (Å²) >= 11 is 0. The number of nitrogens with two attached hydrogens (primary N) is 1. The first kappa shape index (κ1) is 23.8. The van der Waals surface area contributed by atoms with E-state index >= 15 is 0 Å². The summed E-state index contributed by atoms with van der Waals surface area (Å²) in [5.41, 5.74) is 5.84. The van der Waals surface area contributed by atoms with E-state index in [1.165, 1.54) is 13.8 Å². The summed E-state index contributed by atoms with van der Waals surface area (Å²) in [7, 11) is 0. The van der Waals surface area contributed by atoms with Gasteiger partial charge in [0, 0.05) is 0 Å². The zero-order chi connectivity index (χ0) is 20.6. The van der Waals surface area contributed by atoms with Gasteiger partial charge in [-0.3, -0.25) is 19.2 Å². The Morgan fingerprint density at radius 1 is 0.846 bits per heavy atom. The van der Waals surface area contributed by atoms with Gasteiger partial charge in [0.2, 0.25) is 17.7 Å². The zero-order valence-corrected chi connectivity index (χ0v) is 16.3. The van der Waals surface area contributed by atoms with Crippen LogP contribution in [0.2, 0.25) is 0 Å². The van der Waals surface area contributed by atoms with Crippen LogP contribution in [0.15, 0.2) is 0 Å². The Kier molecular flexibility index (Phi) is 9.85. The van der Waals surface area contributed by atoms with E-state index in [9.17, 15) is 19.2 Å². The molecule has 0 fully saturated rings. The van der Waals surface area contributed by atoms with Crippen molar-refractivity contribution in [3.05, 3.63) is 0 Å². The van der Waals surface area contributed by atoms with E-state index in [1.807, 2.05) is 13.8 Å². The zero-order valence-electron chi connectivity index (χ0n) is 16.3. The molecule has 0 aromatic heterocycles. The first-order valence-electron chi connectivity index (χ1n) is 8.81. The highest BCUT2D eigenvalue weighted by molar-refractivity contribution is 5.93. The molecule has 0 aromatic carbocycles. The molecular weight excluding hydrogens is 340 g/mol. The predicted molar refractivity (Wildman–Crippen MR) is 97.0 cm³/mol. The lowest BCUT2D eigenvalue weighted by Gasteiger charge is -2.25. The summed E-state index contributed by atoms with van der Waals surface area (Å²) in [4.78, 5) is 47.5. The quantitative estimate of drug-likeness (QED) is 0.352. The molecular formula is C17H32N4O5. The molecule has 0 rings (SSSR count). The van der Waals surface area contributed by atoms with Crippen LogP contribution in [0.1, 0.15) is 48.0 Å². The van der Waals surface area contributed by atoms with Crippen LogP contribution in [0, 0.1) is 11.8 Å². The maximum atomic E-state index is 12.3. The summed E-state index contributed by atoms with van der Waals surface area (Å²) in [6.45, 7) is 10.0. The Balaban J connectivity index is 4.87. The Bertz CT molecular complexity index is 523. The lowest BCUT2D eigenvalue weighted by molar-refractivity contribution is -0.142. The number of carboxylic acid groups (broad SMARTS) is 1. The molecule has 0 bridgehead atoms. The van der Waals surface area contributed by atoms with Gasteiger partial charge in [-0.25, -0.2) is 0 Å². The number of amides is 3. The highest BCUT2D eigenvalue weighted by atomic mass is 16.4. The van der Waals surface area contributed by atoms with E-state index in [0.29, 0.717) is 0 Å². The third-order valence-electron chi connectivity index (χ3n) is 4.29. The molecule has 9 nitrogen and oxygen atoms in total. The van der Waals surface area contributed by atoms with E-state index in [-0.39, 0.29) is 11.8 Å². The minimum Gasteiger partial charge on any atom is -0.480 e. The molecule has 5 unspecified atom stereocenters. The van der Waals surface area contributed by atoms with Crippen molar-refractivity contribution >= 4 is 23.7 Å². The molecule has 0 spiro atoms. The third kappa shape index (κ3) is 7.38. The van der Waals surface area contributed by atoms with Crippen LogP contribution in [0.4, 0.5) is 0 Å². The molecule has 0 aliphatic heterocycles. The topological polar surface area (TPSA) is 151 Å². The second-order valence-electron chi connectivity index (χ2n) is 6.94. The fourth-order valence-electron chi connectivity index (χ4n) is 2.07. The predicted octanol–water partition coefficient (Wildman–Crippen LogP) is -0.405. The van der Waals surface area contributed by atoms with Gasteiger partial charge in [-0.15, -0.1) is 0 Å². The molecule has 0 heterocycles. The number of carboxylic acids is 1. The number of hydrogen-bond donors (Lipinski definition) is 5. The molecule has 0 aliphatic rings. The van der Waals surface area contributed by atoms with Crippen LogP contribution in [0.3, 0.4) is 0 Å². The fraction of sp³-hybridized carbons (Fsp3) is 0.765. The highest BCUT2D eigenvalue weighted by Crippen LogP contribution is 2.06. The maximum Gasteiger partial charge on any atom is 0.325 e. The Morgan fingerprint density at radius 3 is 1.77 bits per heavy atom. The summed E-state index contributed by atoms with van der Waals surface area (Å²) in [6.07, 6.45) is 0.729. The van der Waals surface area contributed by atoms with E-state index < -0.39 is 47.9 Å². The van der Waals surface area contributed by atoms with Gasteiger partial charge in [0.05, 0.1) is 6.04 Å². The molecule has 0 saturated heterocycles. The number of carbonyl (C=O) groups is 4. The van der Waals surface area contributed by atoms with E-state index in [1.54, 1.807) is 13.8 Å². The van der Waals surface area contributed by atoms with Crippen molar-refractivity contribution in [3.63, 3.8) is 0 Å². The van der Waals surface area contributed by atoms with Gasteiger partial charge in [-0.2, -0.15) is 0 Å². The Hall–Kier alpha value is -2.16. The van der Waals surface area contributed by atoms with E-state index in [0.717, 1.165) is 6.42 Å². The number of aliphatic carboxylic acids is 1. The Morgan fingerprint density at radius 2 is 1.35 bits per heavy atom. The molecule has 5 atom stereocenters. The number of carbonyl (C=O) groups excluding carboxylic acids is 3. The highest BCUT2D eigenvalue weighted by Gasteiger charge is 2.29. The van der Waals surface area contributed by atoms with Crippen molar-refractivity contribution in [2.45, 2.75) is 72.1 Å². The first-order valence-corrected chi connectivity index (χ1v) is 8.81. The monoisotopic (exact) mass is 372 g/mol. The maximum absolute atomic E-state index is 12.3. The van der Waals surface area contributed by atoms with Gasteiger partial charge in [0.25, 0.3) is 0 Å². The van der Waals surface area contributed by atoms with Gasteiger partial charge < -0.3 is 26.8 Å². The van der Waals surface area contributed by atoms with Crippen molar-refractivity contribution in [1.29, 1.82) is 0 Å². The van der Waals surface area contributed by atoms with Gasteiger partial charge in [0.1, 0.15) is 18.1 Å². The van der Waals surface area contributed by atoms with Gasteiger partial charge in [-0.1, -0.05) is 34.1 Å². The van der Waals surface area contributed by atoms with Crippen molar-refractivity contribution in [2.75, 3.05) is 0 Å². The average molecular weight is 372 g/mol. The normalized spacial score (nSPS) is 16.8. The molecule has 9 heteroatoms. The minimum atomic E-state index is -1.17. The summed E-state index contributed by atoms with van der Waals surface area (Å²) < 4.78 is 0. The molecule has 0 aromatic rings. The van der Waals surface area contributed by atoms with Gasteiger partial charge >= 0.3 is 5.97 Å². The van der Waals surface area contributed by atoms with Gasteiger partial charge in [-0.05, 0) is 25.7 Å². The molecule has 0 saturated carbocycles. The summed E-state index contributed by atoms with van der Waals surface area (Å²) in [5.74, 6) is -3.06. The molecule has 150 valence electrons. The largest absolute Gasteiger partial charge is 0.480 e. The van der Waals surface area contributed by atoms with Crippen LogP contribution in [0.25, 0.3) is 0 Å².